The highest BCUT2D eigenvalue weighted by Crippen LogP contribution is 2.28. The highest BCUT2D eigenvalue weighted by Gasteiger charge is 2.18. The monoisotopic (exact) mass is 297 g/mol. The number of phosphoric acid groups is 1. The molecule has 0 bridgehead atoms. The fourth-order valence-corrected chi connectivity index (χ4v) is 2.12. The Morgan fingerprint density at radius 1 is 1.39 bits per heavy atom. The molecule has 18 heavy (non-hydrogen) atoms. The molecule has 1 aromatic carbocycles. The first-order valence-electron chi connectivity index (χ1n) is 5.17. The molecular weight excluding hydrogens is 284 g/mol. The lowest BCUT2D eigenvalue weighted by atomic mass is 9.89. The quantitative estimate of drug-likeness (QED) is 0.541. The van der Waals surface area contributed by atoms with Crippen LogP contribution in [-0.2, 0) is 17.4 Å². The molecule has 0 aromatic heterocycles. The van der Waals surface area contributed by atoms with Gasteiger partial charge in [-0.3, -0.25) is 0 Å². The molecule has 1 atom stereocenters. The lowest BCUT2D eigenvalue weighted by Gasteiger charge is -2.22. The number of benzene rings is 1. The summed E-state index contributed by atoms with van der Waals surface area (Å²) >= 11 is 5.92. The van der Waals surface area contributed by atoms with Crippen LogP contribution in [0.4, 0.5) is 4.39 Å². The van der Waals surface area contributed by atoms with Gasteiger partial charge >= 0.3 is 7.82 Å². The van der Waals surface area contributed by atoms with E-state index >= 15 is 0 Å². The molecule has 0 heterocycles. The molecule has 0 saturated carbocycles. The fourth-order valence-electron chi connectivity index (χ4n) is 1.81. The maximum Gasteiger partial charge on any atom is 0.466 e. The number of nitrogens with two attached hydrogens (primary N) is 1. The maximum absolute atomic E-state index is 12.9. The highest BCUT2D eigenvalue weighted by molar-refractivity contribution is 7.45. The summed E-state index contributed by atoms with van der Waals surface area (Å²) in [6, 6.07) is 3.10. The highest BCUT2D eigenvalue weighted by atomic mass is 35.5. The van der Waals surface area contributed by atoms with Crippen molar-refractivity contribution in [3.63, 3.8) is 0 Å². The Balaban J connectivity index is 0.000000280. The lowest BCUT2D eigenvalue weighted by Crippen LogP contribution is -2.28. The van der Waals surface area contributed by atoms with E-state index in [0.717, 1.165) is 30.4 Å². The summed E-state index contributed by atoms with van der Waals surface area (Å²) in [4.78, 5) is 21.6. The minimum atomic E-state index is -4.64. The van der Waals surface area contributed by atoms with Crippen molar-refractivity contribution in [3.8, 4) is 0 Å². The van der Waals surface area contributed by atoms with E-state index in [4.69, 9.17) is 36.6 Å². The zero-order chi connectivity index (χ0) is 13.9. The molecule has 0 amide bonds. The van der Waals surface area contributed by atoms with Gasteiger partial charge in [0.15, 0.2) is 0 Å². The van der Waals surface area contributed by atoms with E-state index in [9.17, 15) is 4.39 Å². The van der Waals surface area contributed by atoms with E-state index in [-0.39, 0.29) is 11.9 Å². The zero-order valence-corrected chi connectivity index (χ0v) is 11.0. The molecule has 0 saturated heterocycles. The van der Waals surface area contributed by atoms with Crippen LogP contribution in [0.3, 0.4) is 0 Å². The Bertz CT molecular complexity index is 471. The van der Waals surface area contributed by atoms with E-state index in [0.29, 0.717) is 5.02 Å². The van der Waals surface area contributed by atoms with E-state index in [2.05, 4.69) is 0 Å². The van der Waals surface area contributed by atoms with Crippen LogP contribution in [0, 0.1) is 5.82 Å². The SMILES string of the molecule is NC1CCc2cc(F)cc(Cl)c2C1.O=P(O)(O)O. The average molecular weight is 298 g/mol. The molecule has 0 radical (unpaired) electrons. The summed E-state index contributed by atoms with van der Waals surface area (Å²) in [6.07, 6.45) is 2.54. The van der Waals surface area contributed by atoms with E-state index in [1.54, 1.807) is 6.07 Å². The Hall–Kier alpha value is -0.490. The van der Waals surface area contributed by atoms with Crippen LogP contribution in [0.15, 0.2) is 12.1 Å². The first kappa shape index (κ1) is 15.6. The van der Waals surface area contributed by atoms with Crippen molar-refractivity contribution < 1.29 is 23.6 Å². The molecule has 5 N–H and O–H groups in total. The first-order chi connectivity index (χ1) is 8.16. The number of aryl methyl sites for hydroxylation is 1. The predicted molar refractivity (Wildman–Crippen MR) is 65.7 cm³/mol. The average Bonchev–Trinajstić information content (AvgIpc) is 2.16. The molecule has 1 aliphatic carbocycles. The van der Waals surface area contributed by atoms with Crippen LogP contribution >= 0.6 is 19.4 Å². The Morgan fingerprint density at radius 2 is 1.94 bits per heavy atom. The van der Waals surface area contributed by atoms with E-state index in [1.807, 2.05) is 0 Å². The van der Waals surface area contributed by atoms with E-state index in [1.165, 1.54) is 6.07 Å². The Kier molecular flexibility index (Phi) is 5.28. The molecule has 5 nitrogen and oxygen atoms in total. The number of halogens is 2. The second-order valence-electron chi connectivity index (χ2n) is 4.04. The van der Waals surface area contributed by atoms with Crippen molar-refractivity contribution in [2.24, 2.45) is 5.73 Å². The van der Waals surface area contributed by atoms with Crippen molar-refractivity contribution in [3.05, 3.63) is 34.1 Å². The summed E-state index contributed by atoms with van der Waals surface area (Å²) in [6.45, 7) is 0. The topological polar surface area (TPSA) is 104 Å². The van der Waals surface area contributed by atoms with Gasteiger partial charge in [-0.05, 0) is 42.5 Å². The van der Waals surface area contributed by atoms with Gasteiger partial charge in [0.2, 0.25) is 0 Å². The second-order valence-corrected chi connectivity index (χ2v) is 5.48. The normalized spacial score (nSPS) is 18.7. The van der Waals surface area contributed by atoms with Crippen LogP contribution in [0.1, 0.15) is 17.5 Å². The maximum atomic E-state index is 12.9. The van der Waals surface area contributed by atoms with Crippen molar-refractivity contribution in [1.82, 2.24) is 0 Å². The largest absolute Gasteiger partial charge is 0.466 e. The lowest BCUT2D eigenvalue weighted by molar-refractivity contribution is 0.275. The van der Waals surface area contributed by atoms with Crippen LogP contribution < -0.4 is 5.73 Å². The zero-order valence-electron chi connectivity index (χ0n) is 9.38. The first-order valence-corrected chi connectivity index (χ1v) is 7.12. The molecular formula is C10H14ClFNO4P. The van der Waals surface area contributed by atoms with Crippen molar-refractivity contribution >= 4 is 19.4 Å². The van der Waals surface area contributed by atoms with Crippen LogP contribution in [0.25, 0.3) is 0 Å². The molecule has 1 unspecified atom stereocenters. The minimum Gasteiger partial charge on any atom is -0.327 e. The fraction of sp³-hybridized carbons (Fsp3) is 0.400. The smallest absolute Gasteiger partial charge is 0.327 e. The van der Waals surface area contributed by atoms with Crippen LogP contribution in [0.5, 0.6) is 0 Å². The second kappa shape index (κ2) is 6.10. The molecule has 102 valence electrons. The summed E-state index contributed by atoms with van der Waals surface area (Å²) < 4.78 is 21.8. The van der Waals surface area contributed by atoms with Gasteiger partial charge in [0.1, 0.15) is 5.82 Å². The summed E-state index contributed by atoms with van der Waals surface area (Å²) in [5.41, 5.74) is 7.85. The summed E-state index contributed by atoms with van der Waals surface area (Å²) in [5, 5.41) is 0.519. The Morgan fingerprint density at radius 3 is 2.50 bits per heavy atom. The van der Waals surface area contributed by atoms with Gasteiger partial charge in [0.05, 0.1) is 0 Å². The van der Waals surface area contributed by atoms with Gasteiger partial charge in [0, 0.05) is 11.1 Å². The van der Waals surface area contributed by atoms with Crippen LogP contribution in [0.2, 0.25) is 5.02 Å². The molecule has 0 aliphatic heterocycles. The van der Waals surface area contributed by atoms with E-state index < -0.39 is 7.82 Å². The van der Waals surface area contributed by atoms with Gasteiger partial charge in [-0.25, -0.2) is 8.96 Å². The predicted octanol–water partition coefficient (Wildman–Crippen LogP) is 1.37. The van der Waals surface area contributed by atoms with Crippen molar-refractivity contribution in [2.75, 3.05) is 0 Å². The molecule has 1 aliphatic rings. The molecule has 0 fully saturated rings. The van der Waals surface area contributed by atoms with Crippen molar-refractivity contribution in [1.29, 1.82) is 0 Å². The third-order valence-corrected chi connectivity index (χ3v) is 2.84. The summed E-state index contributed by atoms with van der Waals surface area (Å²) in [7, 11) is -4.64. The third-order valence-electron chi connectivity index (χ3n) is 2.50. The van der Waals surface area contributed by atoms with Gasteiger partial charge < -0.3 is 20.4 Å². The summed E-state index contributed by atoms with van der Waals surface area (Å²) in [5.74, 6) is -0.251. The minimum absolute atomic E-state index is 0.176. The van der Waals surface area contributed by atoms with Crippen molar-refractivity contribution in [2.45, 2.75) is 25.3 Å². The van der Waals surface area contributed by atoms with Gasteiger partial charge in [0.25, 0.3) is 0 Å². The number of rotatable bonds is 0. The Labute approximate surface area is 109 Å². The number of fused-ring (bicyclic) bond motifs is 1. The number of hydrogen-bond donors (Lipinski definition) is 4. The number of hydrogen-bond acceptors (Lipinski definition) is 2. The standard InChI is InChI=1S/C10H11ClFN.H3O4P/c11-10-4-7(12)3-6-1-2-8(13)5-9(6)10;1-5(2,3)4/h3-4,8H,1-2,5,13H2;(H3,1,2,3,4). The molecule has 1 aromatic rings. The van der Waals surface area contributed by atoms with Gasteiger partial charge in [-0.1, -0.05) is 11.6 Å². The molecule has 2 rings (SSSR count). The molecule has 0 spiro atoms. The third kappa shape index (κ3) is 5.44. The van der Waals surface area contributed by atoms with Crippen LogP contribution in [-0.4, -0.2) is 20.7 Å². The van der Waals surface area contributed by atoms with Gasteiger partial charge in [-0.2, -0.15) is 0 Å². The molecule has 8 heteroatoms. The van der Waals surface area contributed by atoms with Gasteiger partial charge in [-0.15, -0.1) is 0 Å².